The van der Waals surface area contributed by atoms with E-state index >= 15 is 0 Å². The number of fused-ring (bicyclic) bond motifs is 1. The van der Waals surface area contributed by atoms with E-state index in [1.165, 1.54) is 11.3 Å². The van der Waals surface area contributed by atoms with Gasteiger partial charge in [-0.1, -0.05) is 38.5 Å². The van der Waals surface area contributed by atoms with E-state index in [1.54, 1.807) is 0 Å². The first kappa shape index (κ1) is 15.7. The summed E-state index contributed by atoms with van der Waals surface area (Å²) in [6.45, 7) is 7.25. The fourth-order valence-corrected chi connectivity index (χ4v) is 4.40. The van der Waals surface area contributed by atoms with E-state index in [1.807, 2.05) is 0 Å². The summed E-state index contributed by atoms with van der Waals surface area (Å²) in [6.07, 6.45) is 4.46. The molecule has 0 radical (unpaired) electrons. The Kier molecular flexibility index (Phi) is 4.36. The van der Waals surface area contributed by atoms with E-state index in [0.29, 0.717) is 11.0 Å². The van der Waals surface area contributed by atoms with Gasteiger partial charge in [-0.3, -0.25) is 5.32 Å². The first-order valence-electron chi connectivity index (χ1n) is 8.04. The van der Waals surface area contributed by atoms with Gasteiger partial charge in [-0.15, -0.1) is 10.2 Å². The summed E-state index contributed by atoms with van der Waals surface area (Å²) in [6, 6.07) is -0.0332. The van der Waals surface area contributed by atoms with Crippen LogP contribution in [0.1, 0.15) is 45.0 Å². The van der Waals surface area contributed by atoms with Gasteiger partial charge in [0.25, 0.3) is 0 Å². The number of unbranched alkanes of at least 4 members (excludes halogenated alkanes) is 1. The van der Waals surface area contributed by atoms with Crippen LogP contribution in [0.4, 0.5) is 9.93 Å². The Balaban J connectivity index is 1.53. The molecule has 2 N–H and O–H groups in total. The van der Waals surface area contributed by atoms with Crippen LogP contribution in [0.2, 0.25) is 0 Å². The molecule has 0 aromatic carbocycles. The average molecular weight is 324 g/mol. The van der Waals surface area contributed by atoms with E-state index in [4.69, 9.17) is 4.74 Å². The van der Waals surface area contributed by atoms with Gasteiger partial charge in [-0.05, 0) is 12.8 Å². The Morgan fingerprint density at radius 3 is 3.05 bits per heavy atom. The van der Waals surface area contributed by atoms with Crippen molar-refractivity contribution in [3.05, 3.63) is 5.01 Å². The fraction of sp³-hybridized carbons (Fsp3) is 0.800. The highest BCUT2D eigenvalue weighted by Crippen LogP contribution is 2.52. The topological polar surface area (TPSA) is 76.1 Å². The van der Waals surface area contributed by atoms with Gasteiger partial charge in [0, 0.05) is 30.4 Å². The third-order valence-corrected chi connectivity index (χ3v) is 5.72. The molecule has 22 heavy (non-hydrogen) atoms. The monoisotopic (exact) mass is 324 g/mol. The number of aromatic nitrogens is 2. The summed E-state index contributed by atoms with van der Waals surface area (Å²) >= 11 is 1.45. The molecule has 0 spiro atoms. The van der Waals surface area contributed by atoms with Crippen LogP contribution in [0, 0.1) is 11.3 Å². The SMILES string of the molecule is CCCCc1nnc(NC(=O)N[C@@H]2[C@@H]3CCO[C@@H]3C2(C)C)s1. The molecule has 3 rings (SSSR count). The number of amides is 2. The Morgan fingerprint density at radius 2 is 2.27 bits per heavy atom. The lowest BCUT2D eigenvalue weighted by Crippen LogP contribution is -2.67. The molecule has 1 saturated carbocycles. The second kappa shape index (κ2) is 6.12. The molecule has 2 amide bonds. The molecule has 6 nitrogen and oxygen atoms in total. The summed E-state index contributed by atoms with van der Waals surface area (Å²) in [5.74, 6) is 0.440. The first-order valence-corrected chi connectivity index (χ1v) is 8.85. The summed E-state index contributed by atoms with van der Waals surface area (Å²) in [5.41, 5.74) is -0.00801. The molecule has 7 heteroatoms. The van der Waals surface area contributed by atoms with Gasteiger partial charge in [-0.2, -0.15) is 0 Å². The Bertz CT molecular complexity index is 545. The molecule has 1 aliphatic heterocycles. The number of hydrogen-bond donors (Lipinski definition) is 2. The summed E-state index contributed by atoms with van der Waals surface area (Å²) < 4.78 is 5.75. The maximum Gasteiger partial charge on any atom is 0.321 e. The normalized spacial score (nSPS) is 28.8. The molecule has 1 aromatic heterocycles. The number of rotatable bonds is 5. The molecule has 122 valence electrons. The van der Waals surface area contributed by atoms with Crippen molar-refractivity contribution >= 4 is 22.5 Å². The quantitative estimate of drug-likeness (QED) is 0.873. The van der Waals surface area contributed by atoms with Crippen molar-refractivity contribution in [2.75, 3.05) is 11.9 Å². The molecule has 0 unspecified atom stereocenters. The van der Waals surface area contributed by atoms with Gasteiger partial charge in [0.05, 0.1) is 6.10 Å². The summed E-state index contributed by atoms with van der Waals surface area (Å²) in [5, 5.41) is 15.6. The van der Waals surface area contributed by atoms with Crippen molar-refractivity contribution in [2.45, 2.75) is 58.6 Å². The molecule has 3 atom stereocenters. The van der Waals surface area contributed by atoms with Crippen LogP contribution in [-0.4, -0.2) is 35.0 Å². The predicted octanol–water partition coefficient (Wildman–Crippen LogP) is 2.82. The van der Waals surface area contributed by atoms with E-state index in [0.717, 1.165) is 37.3 Å². The molecular formula is C15H24N4O2S. The minimum absolute atomic E-state index is 0.00801. The second-order valence-corrected chi connectivity index (χ2v) is 7.81. The van der Waals surface area contributed by atoms with E-state index in [2.05, 4.69) is 41.6 Å². The van der Waals surface area contributed by atoms with Gasteiger partial charge in [-0.25, -0.2) is 4.79 Å². The molecule has 1 aromatic rings. The standard InChI is InChI=1S/C15H24N4O2S/c1-4-5-6-10-18-19-14(22-10)17-13(20)16-11-9-7-8-21-12(9)15(11,2)3/h9,11-12H,4-8H2,1-3H3,(H2,16,17,19,20)/t9-,11+,12-/m0/s1. The lowest BCUT2D eigenvalue weighted by molar-refractivity contribution is -0.107. The number of carbonyl (C=O) groups excluding carboxylic acids is 1. The number of nitrogens with zero attached hydrogens (tertiary/aromatic N) is 2. The summed E-state index contributed by atoms with van der Waals surface area (Å²) in [7, 11) is 0. The number of aryl methyl sites for hydroxylation is 1. The van der Waals surface area contributed by atoms with Crippen molar-refractivity contribution in [3.8, 4) is 0 Å². The smallest absolute Gasteiger partial charge is 0.321 e. The number of nitrogens with one attached hydrogen (secondary N) is 2. The van der Waals surface area contributed by atoms with Crippen molar-refractivity contribution in [1.29, 1.82) is 0 Å². The average Bonchev–Trinajstić information content (AvgIpc) is 3.10. The number of carbonyl (C=O) groups is 1. The highest BCUT2D eigenvalue weighted by Gasteiger charge is 2.59. The van der Waals surface area contributed by atoms with Crippen molar-refractivity contribution in [2.24, 2.45) is 11.3 Å². The van der Waals surface area contributed by atoms with Gasteiger partial charge < -0.3 is 10.1 Å². The summed E-state index contributed by atoms with van der Waals surface area (Å²) in [4.78, 5) is 12.2. The molecule has 2 fully saturated rings. The highest BCUT2D eigenvalue weighted by molar-refractivity contribution is 7.15. The largest absolute Gasteiger partial charge is 0.377 e. The molecule has 0 bridgehead atoms. The first-order chi connectivity index (χ1) is 10.5. The zero-order valence-corrected chi connectivity index (χ0v) is 14.2. The van der Waals surface area contributed by atoms with Crippen LogP contribution in [0.25, 0.3) is 0 Å². The van der Waals surface area contributed by atoms with Gasteiger partial charge in [0.15, 0.2) is 0 Å². The molecular weight excluding hydrogens is 300 g/mol. The van der Waals surface area contributed by atoms with Gasteiger partial charge in [0.2, 0.25) is 5.13 Å². The number of ether oxygens (including phenoxy) is 1. The molecule has 2 heterocycles. The van der Waals surface area contributed by atoms with Crippen LogP contribution in [0.3, 0.4) is 0 Å². The van der Waals surface area contributed by atoms with Crippen LogP contribution < -0.4 is 10.6 Å². The Labute approximate surface area is 135 Å². The Hall–Kier alpha value is -1.21. The predicted molar refractivity (Wildman–Crippen MR) is 86.1 cm³/mol. The third-order valence-electron chi connectivity index (χ3n) is 4.82. The van der Waals surface area contributed by atoms with E-state index < -0.39 is 0 Å². The zero-order chi connectivity index (χ0) is 15.7. The second-order valence-electron chi connectivity index (χ2n) is 6.75. The molecule has 1 saturated heterocycles. The van der Waals surface area contributed by atoms with Crippen LogP contribution in [0.15, 0.2) is 0 Å². The van der Waals surface area contributed by atoms with E-state index in [9.17, 15) is 4.79 Å². The van der Waals surface area contributed by atoms with Gasteiger partial charge in [0.1, 0.15) is 5.01 Å². The van der Waals surface area contributed by atoms with Crippen molar-refractivity contribution in [3.63, 3.8) is 0 Å². The number of urea groups is 1. The van der Waals surface area contributed by atoms with Crippen LogP contribution >= 0.6 is 11.3 Å². The number of hydrogen-bond acceptors (Lipinski definition) is 5. The number of anilines is 1. The minimum Gasteiger partial charge on any atom is -0.377 e. The zero-order valence-electron chi connectivity index (χ0n) is 13.4. The maximum absolute atomic E-state index is 12.2. The fourth-order valence-electron chi connectivity index (χ4n) is 3.62. The van der Waals surface area contributed by atoms with Crippen LogP contribution in [-0.2, 0) is 11.2 Å². The molecule has 1 aliphatic carbocycles. The van der Waals surface area contributed by atoms with Gasteiger partial charge >= 0.3 is 6.03 Å². The third kappa shape index (κ3) is 2.84. The minimum atomic E-state index is -0.193. The molecule has 2 aliphatic rings. The Morgan fingerprint density at radius 1 is 1.45 bits per heavy atom. The van der Waals surface area contributed by atoms with E-state index in [-0.39, 0.29) is 23.6 Å². The highest BCUT2D eigenvalue weighted by atomic mass is 32.1. The maximum atomic E-state index is 12.2. The van der Waals surface area contributed by atoms with Crippen LogP contribution in [0.5, 0.6) is 0 Å². The van der Waals surface area contributed by atoms with Crippen molar-refractivity contribution in [1.82, 2.24) is 15.5 Å². The lowest BCUT2D eigenvalue weighted by atomic mass is 9.57. The van der Waals surface area contributed by atoms with Crippen molar-refractivity contribution < 1.29 is 9.53 Å². The lowest BCUT2D eigenvalue weighted by Gasteiger charge is -2.54.